The Hall–Kier alpha value is -0.0400. The third kappa shape index (κ3) is 2.25. The number of piperidine rings is 1. The van der Waals surface area contributed by atoms with Crippen molar-refractivity contribution >= 4 is 0 Å². The van der Waals surface area contributed by atoms with Gasteiger partial charge in [-0.2, -0.15) is 0 Å². The molecule has 1 aliphatic heterocycles. The standard InChI is InChI=1S/C10H19N.C2H6/c1-3-10-8-4-5-9(10)7-11(2)6-8;1-2/h8-10H,3-7H2,1-2H3;1-2H3. The van der Waals surface area contributed by atoms with E-state index in [0.29, 0.717) is 0 Å². The fraction of sp³-hybridized carbons (Fsp3) is 1.00. The molecule has 1 aliphatic carbocycles. The lowest BCUT2D eigenvalue weighted by Gasteiger charge is -2.35. The maximum atomic E-state index is 2.52. The van der Waals surface area contributed by atoms with Gasteiger partial charge in [0.05, 0.1) is 0 Å². The number of hydrogen-bond donors (Lipinski definition) is 0. The van der Waals surface area contributed by atoms with Crippen molar-refractivity contribution in [3.8, 4) is 0 Å². The van der Waals surface area contributed by atoms with Crippen LogP contribution in [-0.2, 0) is 0 Å². The van der Waals surface area contributed by atoms with Crippen LogP contribution >= 0.6 is 0 Å². The van der Waals surface area contributed by atoms with Crippen molar-refractivity contribution < 1.29 is 0 Å². The molecule has 2 atom stereocenters. The summed E-state index contributed by atoms with van der Waals surface area (Å²) in [6.07, 6.45) is 4.43. The van der Waals surface area contributed by atoms with E-state index >= 15 is 0 Å². The molecule has 2 bridgehead atoms. The zero-order valence-corrected chi connectivity index (χ0v) is 9.71. The van der Waals surface area contributed by atoms with E-state index in [4.69, 9.17) is 0 Å². The van der Waals surface area contributed by atoms with Crippen molar-refractivity contribution in [2.75, 3.05) is 20.1 Å². The molecular weight excluding hydrogens is 158 g/mol. The Kier molecular flexibility index (Phi) is 4.24. The molecule has 0 radical (unpaired) electrons. The molecule has 2 unspecified atom stereocenters. The molecule has 1 saturated carbocycles. The van der Waals surface area contributed by atoms with Gasteiger partial charge in [0.25, 0.3) is 0 Å². The monoisotopic (exact) mass is 183 g/mol. The van der Waals surface area contributed by atoms with Crippen molar-refractivity contribution in [1.29, 1.82) is 0 Å². The molecule has 2 aliphatic rings. The van der Waals surface area contributed by atoms with Gasteiger partial charge in [-0.15, -0.1) is 0 Å². The summed E-state index contributed by atoms with van der Waals surface area (Å²) < 4.78 is 0. The lowest BCUT2D eigenvalue weighted by molar-refractivity contribution is 0.130. The predicted octanol–water partition coefficient (Wildman–Crippen LogP) is 3.01. The first-order chi connectivity index (χ1) is 6.31. The summed E-state index contributed by atoms with van der Waals surface area (Å²) in [5.74, 6) is 3.17. The van der Waals surface area contributed by atoms with E-state index in [1.165, 1.54) is 32.4 Å². The normalized spacial score (nSPS) is 38.3. The second kappa shape index (κ2) is 4.99. The number of nitrogens with zero attached hydrogens (tertiary/aromatic N) is 1. The molecule has 0 aromatic carbocycles. The molecule has 1 heteroatoms. The molecule has 2 fully saturated rings. The highest BCUT2D eigenvalue weighted by molar-refractivity contribution is 4.90. The van der Waals surface area contributed by atoms with Crippen molar-refractivity contribution in [3.63, 3.8) is 0 Å². The molecule has 0 amide bonds. The van der Waals surface area contributed by atoms with Gasteiger partial charge in [0, 0.05) is 13.1 Å². The maximum Gasteiger partial charge on any atom is 0.000948 e. The molecule has 2 rings (SSSR count). The molecule has 1 nitrogen and oxygen atoms in total. The van der Waals surface area contributed by atoms with E-state index in [9.17, 15) is 0 Å². The molecule has 13 heavy (non-hydrogen) atoms. The van der Waals surface area contributed by atoms with Crippen LogP contribution in [0.4, 0.5) is 0 Å². The van der Waals surface area contributed by atoms with Crippen LogP contribution in [0.1, 0.15) is 40.0 Å². The van der Waals surface area contributed by atoms with Crippen LogP contribution in [0.25, 0.3) is 0 Å². The second-order valence-corrected chi connectivity index (χ2v) is 4.39. The average molecular weight is 183 g/mol. The molecule has 0 N–H and O–H groups in total. The zero-order valence-electron chi connectivity index (χ0n) is 9.71. The molecule has 0 aromatic rings. The first-order valence-electron chi connectivity index (χ1n) is 5.99. The van der Waals surface area contributed by atoms with Gasteiger partial charge in [-0.3, -0.25) is 0 Å². The fourth-order valence-corrected chi connectivity index (χ4v) is 3.24. The van der Waals surface area contributed by atoms with Gasteiger partial charge in [0.15, 0.2) is 0 Å². The van der Waals surface area contributed by atoms with Crippen LogP contribution in [0.2, 0.25) is 0 Å². The highest BCUT2D eigenvalue weighted by Crippen LogP contribution is 2.42. The fourth-order valence-electron chi connectivity index (χ4n) is 3.24. The summed E-state index contributed by atoms with van der Waals surface area (Å²) in [4.78, 5) is 2.52. The van der Waals surface area contributed by atoms with E-state index in [1.807, 2.05) is 13.8 Å². The SMILES string of the molecule is CC.CCC1C2CCC1CN(C)C2. The minimum absolute atomic E-state index is 1.05. The van der Waals surface area contributed by atoms with Gasteiger partial charge in [0.2, 0.25) is 0 Å². The Balaban J connectivity index is 0.000000396. The highest BCUT2D eigenvalue weighted by atomic mass is 15.1. The lowest BCUT2D eigenvalue weighted by atomic mass is 9.83. The average Bonchev–Trinajstić information content (AvgIpc) is 2.41. The van der Waals surface area contributed by atoms with Crippen molar-refractivity contribution in [2.45, 2.75) is 40.0 Å². The van der Waals surface area contributed by atoms with Gasteiger partial charge in [-0.05, 0) is 37.6 Å². The third-order valence-electron chi connectivity index (χ3n) is 3.68. The van der Waals surface area contributed by atoms with Crippen molar-refractivity contribution in [1.82, 2.24) is 4.90 Å². The Bertz CT molecular complexity index is 130. The topological polar surface area (TPSA) is 3.24 Å². The summed E-state index contributed by atoms with van der Waals surface area (Å²) >= 11 is 0. The van der Waals surface area contributed by atoms with Crippen LogP contribution < -0.4 is 0 Å². The first-order valence-corrected chi connectivity index (χ1v) is 5.99. The molecule has 78 valence electrons. The number of rotatable bonds is 1. The molecule has 1 saturated heterocycles. The van der Waals surface area contributed by atoms with E-state index in [1.54, 1.807) is 0 Å². The summed E-state index contributed by atoms with van der Waals surface area (Å²) in [6.45, 7) is 9.10. The summed E-state index contributed by atoms with van der Waals surface area (Å²) in [5.41, 5.74) is 0. The largest absolute Gasteiger partial charge is 0.306 e. The minimum atomic E-state index is 1.05. The Morgan fingerprint density at radius 1 is 1.08 bits per heavy atom. The Labute approximate surface area is 83.5 Å². The second-order valence-electron chi connectivity index (χ2n) is 4.39. The van der Waals surface area contributed by atoms with E-state index in [0.717, 1.165) is 17.8 Å². The first kappa shape index (κ1) is 11.0. The van der Waals surface area contributed by atoms with Gasteiger partial charge in [-0.25, -0.2) is 0 Å². The highest BCUT2D eigenvalue weighted by Gasteiger charge is 2.39. The third-order valence-corrected chi connectivity index (χ3v) is 3.68. The van der Waals surface area contributed by atoms with Crippen LogP contribution in [0.15, 0.2) is 0 Å². The van der Waals surface area contributed by atoms with Gasteiger partial charge < -0.3 is 4.90 Å². The number of fused-ring (bicyclic) bond motifs is 2. The van der Waals surface area contributed by atoms with Crippen LogP contribution in [0.3, 0.4) is 0 Å². The van der Waals surface area contributed by atoms with Crippen molar-refractivity contribution in [2.24, 2.45) is 17.8 Å². The van der Waals surface area contributed by atoms with Crippen LogP contribution in [0.5, 0.6) is 0 Å². The van der Waals surface area contributed by atoms with Gasteiger partial charge >= 0.3 is 0 Å². The van der Waals surface area contributed by atoms with E-state index in [2.05, 4.69) is 18.9 Å². The van der Waals surface area contributed by atoms with Crippen molar-refractivity contribution in [3.05, 3.63) is 0 Å². The zero-order chi connectivity index (χ0) is 9.84. The Morgan fingerprint density at radius 2 is 1.54 bits per heavy atom. The smallest absolute Gasteiger partial charge is 0.000948 e. The predicted molar refractivity (Wildman–Crippen MR) is 58.8 cm³/mol. The molecule has 0 spiro atoms. The van der Waals surface area contributed by atoms with Crippen LogP contribution in [-0.4, -0.2) is 25.0 Å². The molecular formula is C12H25N. The number of likely N-dealkylation sites (tertiary alicyclic amines) is 1. The Morgan fingerprint density at radius 3 is 1.92 bits per heavy atom. The van der Waals surface area contributed by atoms with Gasteiger partial charge in [0.1, 0.15) is 0 Å². The van der Waals surface area contributed by atoms with Gasteiger partial charge in [-0.1, -0.05) is 27.2 Å². The molecule has 1 heterocycles. The summed E-state index contributed by atoms with van der Waals surface area (Å²) in [7, 11) is 2.28. The summed E-state index contributed by atoms with van der Waals surface area (Å²) in [5, 5.41) is 0. The molecule has 0 aromatic heterocycles. The van der Waals surface area contributed by atoms with E-state index < -0.39 is 0 Å². The summed E-state index contributed by atoms with van der Waals surface area (Å²) in [6, 6.07) is 0. The quantitative estimate of drug-likeness (QED) is 0.604. The minimum Gasteiger partial charge on any atom is -0.306 e. The number of hydrogen-bond acceptors (Lipinski definition) is 1. The maximum absolute atomic E-state index is 2.52. The van der Waals surface area contributed by atoms with E-state index in [-0.39, 0.29) is 0 Å². The van der Waals surface area contributed by atoms with Crippen LogP contribution in [0, 0.1) is 17.8 Å². The lowest BCUT2D eigenvalue weighted by Crippen LogP contribution is -2.39.